The highest BCUT2D eigenvalue weighted by Crippen LogP contribution is 2.23. The van der Waals surface area contributed by atoms with E-state index in [1.807, 2.05) is 0 Å². The van der Waals surface area contributed by atoms with E-state index in [9.17, 15) is 13.2 Å². The van der Waals surface area contributed by atoms with E-state index in [2.05, 4.69) is 17.6 Å². The molecule has 1 fully saturated rings. The van der Waals surface area contributed by atoms with Gasteiger partial charge in [-0.2, -0.15) is 0 Å². The first-order valence-electron chi connectivity index (χ1n) is 8.37. The van der Waals surface area contributed by atoms with Crippen LogP contribution in [0, 0.1) is 5.92 Å². The number of hydrogen-bond donors (Lipinski definition) is 2. The summed E-state index contributed by atoms with van der Waals surface area (Å²) >= 11 is 0. The minimum absolute atomic E-state index is 0.177. The Bertz CT molecular complexity index is 673. The monoisotopic (exact) mass is 353 g/mol. The van der Waals surface area contributed by atoms with Gasteiger partial charge in [-0.25, -0.2) is 17.5 Å². The van der Waals surface area contributed by atoms with E-state index in [-0.39, 0.29) is 23.5 Å². The Hall–Kier alpha value is -1.60. The number of nitrogens with one attached hydrogen (secondary N) is 2. The van der Waals surface area contributed by atoms with Gasteiger partial charge in [0.05, 0.1) is 4.90 Å². The molecule has 2 amide bonds. The van der Waals surface area contributed by atoms with E-state index in [4.69, 9.17) is 0 Å². The number of benzene rings is 1. The maximum atomic E-state index is 12.4. The van der Waals surface area contributed by atoms with Crippen LogP contribution in [-0.4, -0.2) is 38.9 Å². The molecule has 0 aromatic heterocycles. The largest absolute Gasteiger partial charge is 0.335 e. The van der Waals surface area contributed by atoms with Crippen LogP contribution in [0.4, 0.5) is 4.79 Å². The average Bonchev–Trinajstić information content (AvgIpc) is 2.55. The second-order valence-corrected chi connectivity index (χ2v) is 8.71. The zero-order chi connectivity index (χ0) is 17.7. The van der Waals surface area contributed by atoms with Gasteiger partial charge in [0, 0.05) is 26.7 Å². The van der Waals surface area contributed by atoms with Gasteiger partial charge in [-0.3, -0.25) is 0 Å². The molecule has 2 N–H and O–H groups in total. The fourth-order valence-corrected chi connectivity index (χ4v) is 4.14. The molecule has 0 unspecified atom stereocenters. The molecule has 0 spiro atoms. The van der Waals surface area contributed by atoms with Crippen molar-refractivity contribution in [3.63, 3.8) is 0 Å². The van der Waals surface area contributed by atoms with Gasteiger partial charge in [0.15, 0.2) is 0 Å². The number of hydrogen-bond acceptors (Lipinski definition) is 3. The highest BCUT2D eigenvalue weighted by molar-refractivity contribution is 7.89. The van der Waals surface area contributed by atoms with Gasteiger partial charge in [-0.05, 0) is 30.4 Å². The summed E-state index contributed by atoms with van der Waals surface area (Å²) in [5.41, 5.74) is 0.582. The molecule has 134 valence electrons. The van der Waals surface area contributed by atoms with Crippen LogP contribution in [0.15, 0.2) is 29.2 Å². The fraction of sp³-hybridized carbons (Fsp3) is 0.588. The van der Waals surface area contributed by atoms with Crippen LogP contribution in [-0.2, 0) is 16.6 Å². The Kier molecular flexibility index (Phi) is 6.23. The van der Waals surface area contributed by atoms with Crippen LogP contribution in [0.1, 0.15) is 38.2 Å². The topological polar surface area (TPSA) is 78.5 Å². The molecule has 0 saturated heterocycles. The standard InChI is InChI=1S/C17H27N3O3S/c1-13-8-4-6-10-15(13)19-17(21)18-12-14-9-5-7-11-16(14)24(22,23)20(2)3/h5,7,9,11,13,15H,4,6,8,10,12H2,1-3H3,(H2,18,19,21)/t13-,15-/m0/s1. The molecular weight excluding hydrogens is 326 g/mol. The van der Waals surface area contributed by atoms with E-state index in [0.717, 1.165) is 19.3 Å². The second kappa shape index (κ2) is 7.98. The van der Waals surface area contributed by atoms with E-state index < -0.39 is 10.0 Å². The van der Waals surface area contributed by atoms with Crippen molar-refractivity contribution in [3.05, 3.63) is 29.8 Å². The average molecular weight is 353 g/mol. The Morgan fingerprint density at radius 1 is 1.21 bits per heavy atom. The van der Waals surface area contributed by atoms with Crippen molar-refractivity contribution < 1.29 is 13.2 Å². The lowest BCUT2D eigenvalue weighted by Crippen LogP contribution is -2.45. The van der Waals surface area contributed by atoms with Crippen LogP contribution in [0.25, 0.3) is 0 Å². The molecule has 6 nitrogen and oxygen atoms in total. The van der Waals surface area contributed by atoms with Crippen LogP contribution in [0.5, 0.6) is 0 Å². The Labute approximate surface area is 144 Å². The molecule has 2 atom stereocenters. The van der Waals surface area contributed by atoms with Gasteiger partial charge in [0.2, 0.25) is 10.0 Å². The Balaban J connectivity index is 2.01. The zero-order valence-corrected chi connectivity index (χ0v) is 15.4. The first kappa shape index (κ1) is 18.7. The molecule has 2 rings (SSSR count). The van der Waals surface area contributed by atoms with Gasteiger partial charge in [-0.15, -0.1) is 0 Å². The van der Waals surface area contributed by atoms with Crippen molar-refractivity contribution in [2.24, 2.45) is 5.92 Å². The third kappa shape index (κ3) is 4.48. The van der Waals surface area contributed by atoms with Crippen molar-refractivity contribution in [2.45, 2.75) is 50.1 Å². The lowest BCUT2D eigenvalue weighted by molar-refractivity contribution is 0.221. The fourth-order valence-electron chi connectivity index (χ4n) is 3.02. The second-order valence-electron chi connectivity index (χ2n) is 6.59. The number of nitrogens with zero attached hydrogens (tertiary/aromatic N) is 1. The van der Waals surface area contributed by atoms with Gasteiger partial charge >= 0.3 is 6.03 Å². The SMILES string of the molecule is C[C@H]1CCCC[C@@H]1NC(=O)NCc1ccccc1S(=O)(=O)N(C)C. The van der Waals surface area contributed by atoms with Crippen molar-refractivity contribution in [3.8, 4) is 0 Å². The highest BCUT2D eigenvalue weighted by Gasteiger charge is 2.23. The lowest BCUT2D eigenvalue weighted by atomic mass is 9.86. The quantitative estimate of drug-likeness (QED) is 0.853. The van der Waals surface area contributed by atoms with Crippen molar-refractivity contribution in [1.82, 2.24) is 14.9 Å². The lowest BCUT2D eigenvalue weighted by Gasteiger charge is -2.29. The first-order valence-corrected chi connectivity index (χ1v) is 9.81. The summed E-state index contributed by atoms with van der Waals surface area (Å²) in [6.45, 7) is 2.33. The van der Waals surface area contributed by atoms with Crippen LogP contribution < -0.4 is 10.6 Å². The van der Waals surface area contributed by atoms with Gasteiger partial charge in [0.25, 0.3) is 0 Å². The summed E-state index contributed by atoms with van der Waals surface area (Å²) in [6, 6.07) is 6.69. The van der Waals surface area contributed by atoms with Crippen molar-refractivity contribution in [1.29, 1.82) is 0 Å². The maximum Gasteiger partial charge on any atom is 0.315 e. The van der Waals surface area contributed by atoms with E-state index >= 15 is 0 Å². The maximum absolute atomic E-state index is 12.4. The summed E-state index contributed by atoms with van der Waals surface area (Å²) < 4.78 is 25.9. The number of carbonyl (C=O) groups excluding carboxylic acids is 1. The molecular formula is C17H27N3O3S. The smallest absolute Gasteiger partial charge is 0.315 e. The number of urea groups is 1. The van der Waals surface area contributed by atoms with Gasteiger partial charge in [-0.1, -0.05) is 38.0 Å². The molecule has 0 heterocycles. The minimum atomic E-state index is -3.53. The normalized spacial score (nSPS) is 21.5. The van der Waals surface area contributed by atoms with E-state index in [1.54, 1.807) is 24.3 Å². The predicted molar refractivity (Wildman–Crippen MR) is 94.1 cm³/mol. The summed E-state index contributed by atoms with van der Waals surface area (Å²) in [4.78, 5) is 12.4. The summed E-state index contributed by atoms with van der Waals surface area (Å²) in [7, 11) is -0.536. The van der Waals surface area contributed by atoms with Crippen LogP contribution in [0.2, 0.25) is 0 Å². The first-order chi connectivity index (χ1) is 11.3. The molecule has 1 aromatic carbocycles. The molecule has 1 aromatic rings. The highest BCUT2D eigenvalue weighted by atomic mass is 32.2. The Morgan fingerprint density at radius 3 is 2.54 bits per heavy atom. The van der Waals surface area contributed by atoms with E-state index in [1.165, 1.54) is 24.8 Å². The third-order valence-electron chi connectivity index (χ3n) is 4.60. The number of carbonyl (C=O) groups is 1. The Morgan fingerprint density at radius 2 is 1.88 bits per heavy atom. The van der Waals surface area contributed by atoms with Crippen molar-refractivity contribution in [2.75, 3.05) is 14.1 Å². The van der Waals surface area contributed by atoms with Crippen molar-refractivity contribution >= 4 is 16.1 Å². The van der Waals surface area contributed by atoms with Gasteiger partial charge < -0.3 is 10.6 Å². The number of sulfonamides is 1. The number of amides is 2. The zero-order valence-electron chi connectivity index (χ0n) is 14.6. The minimum Gasteiger partial charge on any atom is -0.335 e. The van der Waals surface area contributed by atoms with E-state index in [0.29, 0.717) is 11.5 Å². The molecule has 0 aliphatic heterocycles. The molecule has 7 heteroatoms. The molecule has 0 radical (unpaired) electrons. The molecule has 1 aliphatic rings. The molecule has 24 heavy (non-hydrogen) atoms. The predicted octanol–water partition coefficient (Wildman–Crippen LogP) is 2.31. The van der Waals surface area contributed by atoms with Crippen LogP contribution >= 0.6 is 0 Å². The summed E-state index contributed by atoms with van der Waals surface area (Å²) in [5, 5.41) is 5.80. The molecule has 0 bridgehead atoms. The summed E-state index contributed by atoms with van der Waals surface area (Å²) in [5.74, 6) is 0.478. The summed E-state index contributed by atoms with van der Waals surface area (Å²) in [6.07, 6.45) is 4.49. The van der Waals surface area contributed by atoms with Gasteiger partial charge in [0.1, 0.15) is 0 Å². The molecule has 1 saturated carbocycles. The number of rotatable bonds is 5. The molecule has 1 aliphatic carbocycles. The van der Waals surface area contributed by atoms with Crippen LogP contribution in [0.3, 0.4) is 0 Å². The third-order valence-corrected chi connectivity index (χ3v) is 6.51.